The van der Waals surface area contributed by atoms with E-state index in [-0.39, 0.29) is 17.5 Å². The second-order valence-corrected chi connectivity index (χ2v) is 19.9. The lowest BCUT2D eigenvalue weighted by molar-refractivity contribution is 0.349. The van der Waals surface area contributed by atoms with Crippen molar-refractivity contribution in [1.82, 2.24) is 0 Å². The third kappa shape index (κ3) is 6.11. The van der Waals surface area contributed by atoms with Crippen LogP contribution in [0.2, 0.25) is 0 Å². The first-order valence-electron chi connectivity index (χ1n) is 22.7. The molecular formula is C58H51BN2O2. The van der Waals surface area contributed by atoms with E-state index >= 15 is 0 Å². The van der Waals surface area contributed by atoms with Gasteiger partial charge in [0, 0.05) is 56.0 Å². The number of para-hydroxylation sites is 3. The molecule has 12 rings (SSSR count). The number of benzene rings is 7. The standard InChI is InChI=1S/C58H51BN2O2/c1-7-57(3,4)34-42-17-8-11-19-46(42)60-48-25-23-39(54-31-37-15-9-12-21-52(37)62-54)29-44(48)59-45-30-40(55-32-38-16-10-13-22-53(38)63-55)24-26-49(45)61(51-28-36(2)27-50(60)56(51)59)47-20-14-18-41-33-58(5,6)35-43(41)47/h8-32H,7,33-35H2,1-6H3. The summed E-state index contributed by atoms with van der Waals surface area (Å²) in [6.07, 6.45) is 4.18. The lowest BCUT2D eigenvalue weighted by Crippen LogP contribution is -2.61. The van der Waals surface area contributed by atoms with Crippen molar-refractivity contribution in [1.29, 1.82) is 0 Å². The highest BCUT2D eigenvalue weighted by atomic mass is 16.3. The molecule has 2 aromatic heterocycles. The molecule has 0 fully saturated rings. The molecule has 0 radical (unpaired) electrons. The Morgan fingerprint density at radius 1 is 0.571 bits per heavy atom. The largest absolute Gasteiger partial charge is 0.456 e. The van der Waals surface area contributed by atoms with Crippen LogP contribution in [0.1, 0.15) is 63.3 Å². The molecule has 0 unspecified atom stereocenters. The second-order valence-electron chi connectivity index (χ2n) is 19.9. The van der Waals surface area contributed by atoms with Gasteiger partial charge in [-0.05, 0) is 148 Å². The van der Waals surface area contributed by atoms with Gasteiger partial charge < -0.3 is 18.6 Å². The van der Waals surface area contributed by atoms with E-state index in [1.807, 2.05) is 12.1 Å². The van der Waals surface area contributed by atoms with Crippen LogP contribution < -0.4 is 26.2 Å². The average Bonchev–Trinajstić information content (AvgIpc) is 4.00. The number of nitrogens with zero attached hydrogens (tertiary/aromatic N) is 2. The second kappa shape index (κ2) is 13.9. The van der Waals surface area contributed by atoms with Crippen molar-refractivity contribution in [2.75, 3.05) is 9.80 Å². The minimum Gasteiger partial charge on any atom is -0.456 e. The van der Waals surface area contributed by atoms with Gasteiger partial charge in [-0.2, -0.15) is 0 Å². The van der Waals surface area contributed by atoms with Gasteiger partial charge in [0.1, 0.15) is 22.7 Å². The Hall–Kier alpha value is -6.72. The molecule has 0 saturated heterocycles. The van der Waals surface area contributed by atoms with Gasteiger partial charge in [0.25, 0.3) is 6.71 Å². The molecule has 9 aromatic rings. The van der Waals surface area contributed by atoms with Gasteiger partial charge in [0.05, 0.1) is 0 Å². The monoisotopic (exact) mass is 818 g/mol. The molecule has 0 saturated carbocycles. The van der Waals surface area contributed by atoms with E-state index in [9.17, 15) is 0 Å². The fraction of sp³-hybridized carbons (Fsp3) is 0.207. The molecule has 7 aromatic carbocycles. The van der Waals surface area contributed by atoms with Crippen molar-refractivity contribution in [3.05, 3.63) is 174 Å². The number of rotatable bonds is 7. The van der Waals surface area contributed by atoms with Crippen LogP contribution >= 0.6 is 0 Å². The lowest BCUT2D eigenvalue weighted by atomic mass is 9.33. The number of fused-ring (bicyclic) bond motifs is 7. The normalized spacial score (nSPS) is 14.9. The van der Waals surface area contributed by atoms with Crippen LogP contribution in [0.15, 0.2) is 160 Å². The van der Waals surface area contributed by atoms with Crippen LogP contribution in [0.3, 0.4) is 0 Å². The van der Waals surface area contributed by atoms with Gasteiger partial charge in [-0.15, -0.1) is 0 Å². The minimum absolute atomic E-state index is 0.0748. The molecule has 5 heteroatoms. The van der Waals surface area contributed by atoms with Crippen molar-refractivity contribution in [2.24, 2.45) is 10.8 Å². The number of anilines is 6. The van der Waals surface area contributed by atoms with E-state index < -0.39 is 0 Å². The Balaban J connectivity index is 1.16. The molecule has 3 aliphatic rings. The maximum absolute atomic E-state index is 6.61. The molecule has 63 heavy (non-hydrogen) atoms. The predicted octanol–water partition coefficient (Wildman–Crippen LogP) is 14.0. The smallest absolute Gasteiger partial charge is 0.252 e. The van der Waals surface area contributed by atoms with Gasteiger partial charge in [-0.3, -0.25) is 0 Å². The van der Waals surface area contributed by atoms with Gasteiger partial charge >= 0.3 is 0 Å². The summed E-state index contributed by atoms with van der Waals surface area (Å²) in [7, 11) is 0. The summed E-state index contributed by atoms with van der Waals surface area (Å²) in [6.45, 7) is 14.1. The number of hydrogen-bond donors (Lipinski definition) is 0. The minimum atomic E-state index is -0.0748. The predicted molar refractivity (Wildman–Crippen MR) is 265 cm³/mol. The molecule has 0 spiro atoms. The van der Waals surface area contributed by atoms with Crippen molar-refractivity contribution in [2.45, 2.75) is 67.2 Å². The van der Waals surface area contributed by atoms with Crippen molar-refractivity contribution >= 4 is 79.2 Å². The molecule has 0 N–H and O–H groups in total. The van der Waals surface area contributed by atoms with Crippen molar-refractivity contribution in [3.8, 4) is 22.6 Å². The summed E-state index contributed by atoms with van der Waals surface area (Å²) >= 11 is 0. The zero-order valence-electron chi connectivity index (χ0n) is 37.1. The zero-order valence-corrected chi connectivity index (χ0v) is 37.1. The third-order valence-corrected chi connectivity index (χ3v) is 14.3. The topological polar surface area (TPSA) is 32.8 Å². The summed E-state index contributed by atoms with van der Waals surface area (Å²) in [5.41, 5.74) is 21.0. The van der Waals surface area contributed by atoms with Crippen LogP contribution in [-0.4, -0.2) is 6.71 Å². The maximum Gasteiger partial charge on any atom is 0.252 e. The Labute approximate surface area is 370 Å². The highest BCUT2D eigenvalue weighted by Gasteiger charge is 2.45. The molecule has 0 bridgehead atoms. The molecular weight excluding hydrogens is 767 g/mol. The zero-order chi connectivity index (χ0) is 42.8. The van der Waals surface area contributed by atoms with E-state index in [0.717, 1.165) is 70.3 Å². The summed E-state index contributed by atoms with van der Waals surface area (Å²) in [5.74, 6) is 1.76. The summed E-state index contributed by atoms with van der Waals surface area (Å²) < 4.78 is 13.2. The van der Waals surface area contributed by atoms with E-state index in [1.54, 1.807) is 0 Å². The van der Waals surface area contributed by atoms with Crippen LogP contribution in [0.4, 0.5) is 34.1 Å². The van der Waals surface area contributed by atoms with Gasteiger partial charge in [-0.25, -0.2) is 0 Å². The molecule has 0 amide bonds. The molecule has 4 nitrogen and oxygen atoms in total. The van der Waals surface area contributed by atoms with Gasteiger partial charge in [-0.1, -0.05) is 120 Å². The summed E-state index contributed by atoms with van der Waals surface area (Å²) in [4.78, 5) is 5.20. The van der Waals surface area contributed by atoms with Crippen molar-refractivity contribution in [3.63, 3.8) is 0 Å². The Bertz CT molecular complexity index is 3250. The van der Waals surface area contributed by atoms with Gasteiger partial charge in [0.2, 0.25) is 0 Å². The summed E-state index contributed by atoms with van der Waals surface area (Å²) in [6, 6.07) is 56.1. The van der Waals surface area contributed by atoms with Crippen LogP contribution in [0, 0.1) is 17.8 Å². The lowest BCUT2D eigenvalue weighted by Gasteiger charge is -2.45. The fourth-order valence-corrected chi connectivity index (χ4v) is 11.0. The Morgan fingerprint density at radius 2 is 1.13 bits per heavy atom. The van der Waals surface area contributed by atoms with E-state index in [4.69, 9.17) is 8.83 Å². The average molecular weight is 819 g/mol. The van der Waals surface area contributed by atoms with E-state index in [1.165, 1.54) is 72.8 Å². The Kier molecular flexibility index (Phi) is 8.38. The highest BCUT2D eigenvalue weighted by molar-refractivity contribution is 7.00. The molecule has 4 heterocycles. The number of hydrogen-bond acceptors (Lipinski definition) is 4. The number of aryl methyl sites for hydroxylation is 1. The third-order valence-electron chi connectivity index (χ3n) is 14.3. The molecule has 0 atom stereocenters. The van der Waals surface area contributed by atoms with E-state index in [0.29, 0.717) is 0 Å². The SMILES string of the molecule is CCC(C)(C)Cc1ccccc1N1c2ccc(-c3cc4ccccc4o3)cc2B2c3cc(-c4cc5ccccc5o4)ccc3N(c3cccc4c3CC(C)(C)C4)c3cc(C)cc1c32. The fourth-order valence-electron chi connectivity index (χ4n) is 11.0. The van der Waals surface area contributed by atoms with E-state index in [2.05, 4.69) is 191 Å². The first-order valence-corrected chi connectivity index (χ1v) is 22.7. The van der Waals surface area contributed by atoms with Gasteiger partial charge in [0.15, 0.2) is 0 Å². The molecule has 2 aliphatic heterocycles. The first-order chi connectivity index (χ1) is 30.5. The van der Waals surface area contributed by atoms with Crippen LogP contribution in [0.25, 0.3) is 44.6 Å². The molecule has 308 valence electrons. The quantitative estimate of drug-likeness (QED) is 0.150. The maximum atomic E-state index is 6.61. The van der Waals surface area contributed by atoms with Crippen LogP contribution in [-0.2, 0) is 19.3 Å². The summed E-state index contributed by atoms with van der Waals surface area (Å²) in [5, 5.41) is 2.21. The Morgan fingerprint density at radius 3 is 1.73 bits per heavy atom. The molecule has 1 aliphatic carbocycles. The first kappa shape index (κ1) is 38.0. The van der Waals surface area contributed by atoms with Crippen molar-refractivity contribution < 1.29 is 8.83 Å². The highest BCUT2D eigenvalue weighted by Crippen LogP contribution is 2.50. The number of furan rings is 2. The van der Waals surface area contributed by atoms with Crippen LogP contribution in [0.5, 0.6) is 0 Å².